The van der Waals surface area contributed by atoms with Crippen molar-refractivity contribution in [2.24, 2.45) is 0 Å². The predicted octanol–water partition coefficient (Wildman–Crippen LogP) is 3.58. The van der Waals surface area contributed by atoms with E-state index >= 15 is 0 Å². The monoisotopic (exact) mass is 240 g/mol. The van der Waals surface area contributed by atoms with Crippen molar-refractivity contribution >= 4 is 13.2 Å². The van der Waals surface area contributed by atoms with Gasteiger partial charge in [-0.25, -0.2) is 0 Å². The average Bonchev–Trinajstić information content (AvgIpc) is 2.30. The van der Waals surface area contributed by atoms with E-state index in [1.807, 2.05) is 30.3 Å². The molecule has 0 aliphatic carbocycles. The third kappa shape index (κ3) is 3.60. The van der Waals surface area contributed by atoms with Crippen LogP contribution in [0.1, 0.15) is 12.5 Å². The maximum atomic E-state index is 12.1. The van der Waals surface area contributed by atoms with Crippen LogP contribution in [0, 0.1) is 0 Å². The Morgan fingerprint density at radius 1 is 1.38 bits per heavy atom. The minimum absolute atomic E-state index is 0.224. The minimum Gasteiger partial charge on any atom is -0.312 e. The molecule has 1 aromatic rings. The van der Waals surface area contributed by atoms with Crippen LogP contribution in [0.5, 0.6) is 0 Å². The van der Waals surface area contributed by atoms with Crippen LogP contribution in [0.15, 0.2) is 36.9 Å². The largest absolute Gasteiger partial charge is 0.334 e. The highest BCUT2D eigenvalue weighted by Crippen LogP contribution is 2.49. The maximum Gasteiger partial charge on any atom is 0.334 e. The Bertz CT molecular complexity index is 387. The molecule has 0 fully saturated rings. The molecule has 1 aromatic carbocycles. The first-order chi connectivity index (χ1) is 7.61. The zero-order valence-electron chi connectivity index (χ0n) is 9.68. The normalized spacial score (nSPS) is 14.4. The second kappa shape index (κ2) is 6.00. The van der Waals surface area contributed by atoms with Crippen molar-refractivity contribution in [2.75, 3.05) is 19.9 Å². The van der Waals surface area contributed by atoms with Crippen molar-refractivity contribution in [3.05, 3.63) is 42.5 Å². The lowest BCUT2D eigenvalue weighted by atomic mass is 10.1. The van der Waals surface area contributed by atoms with E-state index in [1.165, 1.54) is 7.11 Å². The number of allylic oxidation sites excluding steroid dienone is 1. The van der Waals surface area contributed by atoms with Gasteiger partial charge in [-0.2, -0.15) is 0 Å². The van der Waals surface area contributed by atoms with E-state index in [4.69, 9.17) is 9.05 Å². The lowest BCUT2D eigenvalue weighted by Gasteiger charge is -2.16. The molecule has 1 atom stereocenters. The molecular formula is C12H17O3P. The molecule has 0 heterocycles. The third-order valence-electron chi connectivity index (χ3n) is 2.17. The number of hydrogen-bond acceptors (Lipinski definition) is 3. The second-order valence-electron chi connectivity index (χ2n) is 3.34. The topological polar surface area (TPSA) is 35.5 Å². The van der Waals surface area contributed by atoms with Crippen molar-refractivity contribution in [3.8, 4) is 0 Å². The molecule has 88 valence electrons. The summed E-state index contributed by atoms with van der Waals surface area (Å²) in [4.78, 5) is 0. The summed E-state index contributed by atoms with van der Waals surface area (Å²) in [6.07, 6.45) is 0.224. The van der Waals surface area contributed by atoms with Gasteiger partial charge in [-0.1, -0.05) is 36.9 Å². The Hall–Kier alpha value is -0.890. The lowest BCUT2D eigenvalue weighted by molar-refractivity contribution is 0.247. The van der Waals surface area contributed by atoms with Crippen LogP contribution < -0.4 is 0 Å². The zero-order valence-corrected chi connectivity index (χ0v) is 10.6. The molecule has 0 N–H and O–H groups in total. The molecule has 4 heteroatoms. The molecule has 0 bridgehead atoms. The molecule has 16 heavy (non-hydrogen) atoms. The van der Waals surface area contributed by atoms with Gasteiger partial charge in [-0.15, -0.1) is 0 Å². The van der Waals surface area contributed by atoms with Crippen LogP contribution in [-0.2, 0) is 13.6 Å². The van der Waals surface area contributed by atoms with Gasteiger partial charge in [0.25, 0.3) is 0 Å². The number of rotatable bonds is 6. The summed E-state index contributed by atoms with van der Waals surface area (Å²) in [6, 6.07) is 9.61. The molecule has 1 unspecified atom stereocenters. The van der Waals surface area contributed by atoms with Gasteiger partial charge in [-0.05, 0) is 18.1 Å². The summed E-state index contributed by atoms with van der Waals surface area (Å²) in [5.74, 6) is 0. The maximum absolute atomic E-state index is 12.1. The Kier molecular flexibility index (Phi) is 4.94. The standard InChI is InChI=1S/C12H17O3P/c1-4-15-16(13,14-3)10-11(2)12-8-6-5-7-9-12/h5-9H,2,4,10H2,1,3H3. The fourth-order valence-electron chi connectivity index (χ4n) is 1.36. The first kappa shape index (κ1) is 13.2. The predicted molar refractivity (Wildman–Crippen MR) is 66.6 cm³/mol. The van der Waals surface area contributed by atoms with Crippen molar-refractivity contribution in [1.82, 2.24) is 0 Å². The van der Waals surface area contributed by atoms with Crippen LogP contribution in [0.4, 0.5) is 0 Å². The molecule has 3 nitrogen and oxygen atoms in total. The van der Waals surface area contributed by atoms with Gasteiger partial charge in [0.05, 0.1) is 12.8 Å². The second-order valence-corrected chi connectivity index (χ2v) is 5.50. The highest BCUT2D eigenvalue weighted by Gasteiger charge is 2.23. The summed E-state index contributed by atoms with van der Waals surface area (Å²) >= 11 is 0. The summed E-state index contributed by atoms with van der Waals surface area (Å²) in [5, 5.41) is 0. The van der Waals surface area contributed by atoms with Gasteiger partial charge in [0, 0.05) is 7.11 Å². The van der Waals surface area contributed by atoms with E-state index < -0.39 is 7.60 Å². The van der Waals surface area contributed by atoms with Gasteiger partial charge in [-0.3, -0.25) is 4.57 Å². The van der Waals surface area contributed by atoms with Crippen LogP contribution >= 0.6 is 7.60 Å². The SMILES string of the molecule is C=C(CP(=O)(OC)OCC)c1ccccc1. The molecule has 0 aliphatic heterocycles. The lowest BCUT2D eigenvalue weighted by Crippen LogP contribution is -1.99. The van der Waals surface area contributed by atoms with E-state index in [-0.39, 0.29) is 6.16 Å². The van der Waals surface area contributed by atoms with Gasteiger partial charge in [0.1, 0.15) is 0 Å². The van der Waals surface area contributed by atoms with Gasteiger partial charge in [0.2, 0.25) is 0 Å². The third-order valence-corrected chi connectivity index (χ3v) is 4.15. The Morgan fingerprint density at radius 2 is 2.00 bits per heavy atom. The van der Waals surface area contributed by atoms with Crippen LogP contribution in [0.3, 0.4) is 0 Å². The van der Waals surface area contributed by atoms with E-state index in [0.29, 0.717) is 6.61 Å². The van der Waals surface area contributed by atoms with Crippen molar-refractivity contribution < 1.29 is 13.6 Å². The Morgan fingerprint density at radius 3 is 2.50 bits per heavy atom. The van der Waals surface area contributed by atoms with Crippen LogP contribution in [0.2, 0.25) is 0 Å². The molecule has 0 aromatic heterocycles. The average molecular weight is 240 g/mol. The fraction of sp³-hybridized carbons (Fsp3) is 0.333. The summed E-state index contributed by atoms with van der Waals surface area (Å²) < 4.78 is 22.1. The quantitative estimate of drug-likeness (QED) is 0.713. The number of hydrogen-bond donors (Lipinski definition) is 0. The minimum atomic E-state index is -3.02. The van der Waals surface area contributed by atoms with Crippen molar-refractivity contribution in [3.63, 3.8) is 0 Å². The van der Waals surface area contributed by atoms with Gasteiger partial charge in [0.15, 0.2) is 0 Å². The first-order valence-electron chi connectivity index (χ1n) is 5.14. The van der Waals surface area contributed by atoms with E-state index in [1.54, 1.807) is 6.92 Å². The van der Waals surface area contributed by atoms with Gasteiger partial charge >= 0.3 is 7.60 Å². The van der Waals surface area contributed by atoms with Crippen LogP contribution in [-0.4, -0.2) is 19.9 Å². The Balaban J connectivity index is 2.74. The summed E-state index contributed by atoms with van der Waals surface area (Å²) in [7, 11) is -1.62. The van der Waals surface area contributed by atoms with Crippen LogP contribution in [0.25, 0.3) is 5.57 Å². The zero-order chi connectivity index (χ0) is 12.0. The first-order valence-corrected chi connectivity index (χ1v) is 6.86. The molecular weight excluding hydrogens is 223 g/mol. The van der Waals surface area contributed by atoms with E-state index in [9.17, 15) is 4.57 Å². The molecule has 0 aliphatic rings. The molecule has 1 rings (SSSR count). The highest BCUT2D eigenvalue weighted by molar-refractivity contribution is 7.54. The van der Waals surface area contributed by atoms with Crippen molar-refractivity contribution in [1.29, 1.82) is 0 Å². The van der Waals surface area contributed by atoms with E-state index in [2.05, 4.69) is 6.58 Å². The van der Waals surface area contributed by atoms with Crippen molar-refractivity contribution in [2.45, 2.75) is 6.92 Å². The Labute approximate surface area is 96.6 Å². The molecule has 0 saturated carbocycles. The molecule has 0 spiro atoms. The molecule has 0 amide bonds. The smallest absolute Gasteiger partial charge is 0.312 e. The molecule has 0 saturated heterocycles. The highest BCUT2D eigenvalue weighted by atomic mass is 31.2. The van der Waals surface area contributed by atoms with Gasteiger partial charge < -0.3 is 9.05 Å². The summed E-state index contributed by atoms with van der Waals surface area (Å²) in [6.45, 7) is 6.06. The number of benzene rings is 1. The molecule has 0 radical (unpaired) electrons. The summed E-state index contributed by atoms with van der Waals surface area (Å²) in [5.41, 5.74) is 1.72. The fourth-order valence-corrected chi connectivity index (χ4v) is 2.73. The van der Waals surface area contributed by atoms with E-state index in [0.717, 1.165) is 11.1 Å².